The summed E-state index contributed by atoms with van der Waals surface area (Å²) in [6.45, 7) is 0.350. The minimum atomic E-state index is 0.350. The van der Waals surface area contributed by atoms with Gasteiger partial charge in [0.1, 0.15) is 0 Å². The molecule has 60 valence electrons. The summed E-state index contributed by atoms with van der Waals surface area (Å²) in [5, 5.41) is 12.0. The Kier molecular flexibility index (Phi) is 3.16. The molecule has 0 heterocycles. The zero-order chi connectivity index (χ0) is 7.40. The standard InChI is InChI=1S/C8H17NO/c1-9-8-4-2-3-7(8)5-6-10/h7-10H,2-6H2,1H3. The summed E-state index contributed by atoms with van der Waals surface area (Å²) in [4.78, 5) is 0. The molecule has 2 unspecified atom stereocenters. The lowest BCUT2D eigenvalue weighted by molar-refractivity contribution is 0.245. The molecule has 1 saturated carbocycles. The highest BCUT2D eigenvalue weighted by atomic mass is 16.3. The van der Waals surface area contributed by atoms with Gasteiger partial charge in [0.15, 0.2) is 0 Å². The van der Waals surface area contributed by atoms with Gasteiger partial charge in [-0.1, -0.05) is 6.42 Å². The highest BCUT2D eigenvalue weighted by Gasteiger charge is 2.24. The summed E-state index contributed by atoms with van der Waals surface area (Å²) in [7, 11) is 2.01. The Morgan fingerprint density at radius 1 is 1.50 bits per heavy atom. The third-order valence-corrected chi connectivity index (χ3v) is 2.53. The summed E-state index contributed by atoms with van der Waals surface area (Å²) < 4.78 is 0. The number of nitrogens with one attached hydrogen (secondary N) is 1. The molecule has 0 spiro atoms. The van der Waals surface area contributed by atoms with Gasteiger partial charge in [0, 0.05) is 12.6 Å². The summed E-state index contributed by atoms with van der Waals surface area (Å²) in [6.07, 6.45) is 4.90. The van der Waals surface area contributed by atoms with Gasteiger partial charge in [0.2, 0.25) is 0 Å². The van der Waals surface area contributed by atoms with Gasteiger partial charge in [-0.15, -0.1) is 0 Å². The van der Waals surface area contributed by atoms with Crippen molar-refractivity contribution in [2.24, 2.45) is 5.92 Å². The maximum absolute atomic E-state index is 8.71. The minimum Gasteiger partial charge on any atom is -0.396 e. The zero-order valence-electron chi connectivity index (χ0n) is 6.64. The van der Waals surface area contributed by atoms with E-state index in [9.17, 15) is 0 Å². The Morgan fingerprint density at radius 2 is 2.30 bits per heavy atom. The van der Waals surface area contributed by atoms with Crippen molar-refractivity contribution in [3.63, 3.8) is 0 Å². The van der Waals surface area contributed by atoms with Gasteiger partial charge in [0.05, 0.1) is 0 Å². The molecule has 0 aromatic carbocycles. The largest absolute Gasteiger partial charge is 0.396 e. The lowest BCUT2D eigenvalue weighted by atomic mass is 10.0. The monoisotopic (exact) mass is 143 g/mol. The second-order valence-corrected chi connectivity index (χ2v) is 3.10. The molecule has 10 heavy (non-hydrogen) atoms. The van der Waals surface area contributed by atoms with Crippen molar-refractivity contribution < 1.29 is 5.11 Å². The third-order valence-electron chi connectivity index (χ3n) is 2.53. The molecule has 2 atom stereocenters. The summed E-state index contributed by atoms with van der Waals surface area (Å²) in [5.74, 6) is 0.731. The average molecular weight is 143 g/mol. The SMILES string of the molecule is CNC1CCCC1CCO. The first-order chi connectivity index (χ1) is 4.88. The number of hydrogen-bond acceptors (Lipinski definition) is 2. The van der Waals surface area contributed by atoms with Crippen molar-refractivity contribution in [3.05, 3.63) is 0 Å². The molecular formula is C8H17NO. The van der Waals surface area contributed by atoms with E-state index in [1.54, 1.807) is 0 Å². The first kappa shape index (κ1) is 8.02. The smallest absolute Gasteiger partial charge is 0.0434 e. The highest BCUT2D eigenvalue weighted by Crippen LogP contribution is 2.27. The van der Waals surface area contributed by atoms with Crippen LogP contribution in [0.4, 0.5) is 0 Å². The molecule has 0 aromatic heterocycles. The molecule has 2 N–H and O–H groups in total. The van der Waals surface area contributed by atoms with E-state index in [-0.39, 0.29) is 0 Å². The van der Waals surface area contributed by atoms with E-state index in [4.69, 9.17) is 5.11 Å². The van der Waals surface area contributed by atoms with E-state index in [1.807, 2.05) is 7.05 Å². The molecule has 0 radical (unpaired) electrons. The van der Waals surface area contributed by atoms with Crippen LogP contribution in [0.3, 0.4) is 0 Å². The predicted octanol–water partition coefficient (Wildman–Crippen LogP) is 0.757. The zero-order valence-corrected chi connectivity index (χ0v) is 6.64. The normalized spacial score (nSPS) is 33.0. The van der Waals surface area contributed by atoms with Crippen molar-refractivity contribution in [2.75, 3.05) is 13.7 Å². The van der Waals surface area contributed by atoms with Gasteiger partial charge in [-0.25, -0.2) is 0 Å². The Bertz CT molecular complexity index is 95.3. The van der Waals surface area contributed by atoms with E-state index < -0.39 is 0 Å². The third kappa shape index (κ3) is 1.70. The molecule has 1 fully saturated rings. The van der Waals surface area contributed by atoms with E-state index in [2.05, 4.69) is 5.32 Å². The summed E-state index contributed by atoms with van der Waals surface area (Å²) in [5.41, 5.74) is 0. The Morgan fingerprint density at radius 3 is 2.90 bits per heavy atom. The van der Waals surface area contributed by atoms with Gasteiger partial charge in [-0.3, -0.25) is 0 Å². The highest BCUT2D eigenvalue weighted by molar-refractivity contribution is 4.81. The molecule has 1 aliphatic carbocycles. The van der Waals surface area contributed by atoms with Gasteiger partial charge in [-0.2, -0.15) is 0 Å². The molecule has 1 aliphatic rings. The van der Waals surface area contributed by atoms with Crippen molar-refractivity contribution in [1.29, 1.82) is 0 Å². The number of aliphatic hydroxyl groups excluding tert-OH is 1. The van der Waals surface area contributed by atoms with Crippen LogP contribution in [0, 0.1) is 5.92 Å². The Hall–Kier alpha value is -0.0800. The molecule has 0 aromatic rings. The predicted molar refractivity (Wildman–Crippen MR) is 41.9 cm³/mol. The van der Waals surface area contributed by atoms with Crippen molar-refractivity contribution >= 4 is 0 Å². The lowest BCUT2D eigenvalue weighted by Gasteiger charge is -2.16. The first-order valence-corrected chi connectivity index (χ1v) is 4.16. The molecule has 2 heteroatoms. The maximum atomic E-state index is 8.71. The molecular weight excluding hydrogens is 126 g/mol. The van der Waals surface area contributed by atoms with Crippen LogP contribution < -0.4 is 5.32 Å². The molecule has 0 saturated heterocycles. The Labute approximate surface area is 62.6 Å². The average Bonchev–Trinajstić information content (AvgIpc) is 2.36. The minimum absolute atomic E-state index is 0.350. The van der Waals surface area contributed by atoms with Crippen LogP contribution >= 0.6 is 0 Å². The molecule has 1 rings (SSSR count). The fourth-order valence-electron chi connectivity index (χ4n) is 1.93. The van der Waals surface area contributed by atoms with E-state index in [1.165, 1.54) is 19.3 Å². The fraction of sp³-hybridized carbons (Fsp3) is 1.00. The molecule has 2 nitrogen and oxygen atoms in total. The number of hydrogen-bond donors (Lipinski definition) is 2. The van der Waals surface area contributed by atoms with E-state index in [0.29, 0.717) is 12.6 Å². The van der Waals surface area contributed by atoms with Gasteiger partial charge in [-0.05, 0) is 32.2 Å². The van der Waals surface area contributed by atoms with Gasteiger partial charge >= 0.3 is 0 Å². The van der Waals surface area contributed by atoms with Crippen LogP contribution in [0.5, 0.6) is 0 Å². The second kappa shape index (κ2) is 3.94. The van der Waals surface area contributed by atoms with Crippen molar-refractivity contribution in [1.82, 2.24) is 5.32 Å². The van der Waals surface area contributed by atoms with E-state index >= 15 is 0 Å². The Balaban J connectivity index is 2.27. The van der Waals surface area contributed by atoms with Gasteiger partial charge < -0.3 is 10.4 Å². The fourth-order valence-corrected chi connectivity index (χ4v) is 1.93. The number of aliphatic hydroxyl groups is 1. The van der Waals surface area contributed by atoms with Crippen LogP contribution in [0.1, 0.15) is 25.7 Å². The van der Waals surface area contributed by atoms with Crippen molar-refractivity contribution in [3.8, 4) is 0 Å². The first-order valence-electron chi connectivity index (χ1n) is 4.16. The van der Waals surface area contributed by atoms with Gasteiger partial charge in [0.25, 0.3) is 0 Å². The summed E-state index contributed by atoms with van der Waals surface area (Å²) in [6, 6.07) is 0.673. The van der Waals surface area contributed by atoms with Crippen LogP contribution in [0.25, 0.3) is 0 Å². The topological polar surface area (TPSA) is 32.3 Å². The quantitative estimate of drug-likeness (QED) is 0.611. The molecule has 0 bridgehead atoms. The molecule has 0 aliphatic heterocycles. The lowest BCUT2D eigenvalue weighted by Crippen LogP contribution is -2.29. The van der Waals surface area contributed by atoms with Crippen molar-refractivity contribution in [2.45, 2.75) is 31.7 Å². The van der Waals surface area contributed by atoms with Crippen LogP contribution in [-0.4, -0.2) is 24.8 Å². The van der Waals surface area contributed by atoms with E-state index in [0.717, 1.165) is 12.3 Å². The molecule has 0 amide bonds. The second-order valence-electron chi connectivity index (χ2n) is 3.10. The van der Waals surface area contributed by atoms with Crippen LogP contribution in [-0.2, 0) is 0 Å². The summed E-state index contributed by atoms with van der Waals surface area (Å²) >= 11 is 0. The van der Waals surface area contributed by atoms with Crippen LogP contribution in [0.2, 0.25) is 0 Å². The number of rotatable bonds is 3. The van der Waals surface area contributed by atoms with Crippen LogP contribution in [0.15, 0.2) is 0 Å². The maximum Gasteiger partial charge on any atom is 0.0434 e.